The van der Waals surface area contributed by atoms with E-state index in [4.69, 9.17) is 16.3 Å². The lowest BCUT2D eigenvalue weighted by Gasteiger charge is -2.23. The SMILES string of the molecule is CNC(c1cc(Cl)ccc1Br)c1ccc(C)c(C)c1OC. The lowest BCUT2D eigenvalue weighted by Crippen LogP contribution is -2.19. The number of methoxy groups -OCH3 is 1. The highest BCUT2D eigenvalue weighted by Crippen LogP contribution is 2.37. The summed E-state index contributed by atoms with van der Waals surface area (Å²) in [5.41, 5.74) is 4.57. The molecule has 1 unspecified atom stereocenters. The minimum Gasteiger partial charge on any atom is -0.496 e. The molecule has 0 fully saturated rings. The molecule has 21 heavy (non-hydrogen) atoms. The maximum Gasteiger partial charge on any atom is 0.127 e. The largest absolute Gasteiger partial charge is 0.496 e. The Hall–Kier alpha value is -1.03. The van der Waals surface area contributed by atoms with Gasteiger partial charge in [0, 0.05) is 15.1 Å². The highest BCUT2D eigenvalue weighted by molar-refractivity contribution is 9.10. The van der Waals surface area contributed by atoms with Gasteiger partial charge in [0.2, 0.25) is 0 Å². The van der Waals surface area contributed by atoms with Gasteiger partial charge in [0.1, 0.15) is 5.75 Å². The maximum atomic E-state index is 6.16. The standard InChI is InChI=1S/C17H19BrClNO/c1-10-5-7-13(17(21-4)11(10)2)16(20-3)14-9-12(19)6-8-15(14)18/h5-9,16,20H,1-4H3. The van der Waals surface area contributed by atoms with E-state index < -0.39 is 0 Å². The molecule has 0 saturated carbocycles. The van der Waals surface area contributed by atoms with E-state index in [-0.39, 0.29) is 6.04 Å². The Labute approximate surface area is 139 Å². The van der Waals surface area contributed by atoms with Crippen LogP contribution in [0.1, 0.15) is 28.3 Å². The second-order valence-electron chi connectivity index (χ2n) is 5.02. The number of aryl methyl sites for hydroxylation is 1. The first-order valence-corrected chi connectivity index (χ1v) is 7.93. The highest BCUT2D eigenvalue weighted by atomic mass is 79.9. The van der Waals surface area contributed by atoms with Gasteiger partial charge in [-0.25, -0.2) is 0 Å². The highest BCUT2D eigenvalue weighted by Gasteiger charge is 2.21. The summed E-state index contributed by atoms with van der Waals surface area (Å²) >= 11 is 9.76. The number of nitrogens with one attached hydrogen (secondary N) is 1. The normalized spacial score (nSPS) is 12.3. The molecule has 2 rings (SSSR count). The van der Waals surface area contributed by atoms with Crippen LogP contribution in [0.3, 0.4) is 0 Å². The summed E-state index contributed by atoms with van der Waals surface area (Å²) in [6.45, 7) is 4.17. The van der Waals surface area contributed by atoms with Crippen molar-refractivity contribution in [1.82, 2.24) is 5.32 Å². The zero-order valence-corrected chi connectivity index (χ0v) is 15.0. The van der Waals surface area contributed by atoms with Crippen LogP contribution in [0.2, 0.25) is 5.02 Å². The van der Waals surface area contributed by atoms with Crippen LogP contribution < -0.4 is 10.1 Å². The van der Waals surface area contributed by atoms with Crippen LogP contribution in [0, 0.1) is 13.8 Å². The molecule has 2 aromatic carbocycles. The molecule has 1 N–H and O–H groups in total. The van der Waals surface area contributed by atoms with Crippen LogP contribution in [0.15, 0.2) is 34.8 Å². The van der Waals surface area contributed by atoms with E-state index in [2.05, 4.69) is 47.2 Å². The van der Waals surface area contributed by atoms with Gasteiger partial charge in [-0.1, -0.05) is 39.7 Å². The van der Waals surface area contributed by atoms with Gasteiger partial charge in [-0.15, -0.1) is 0 Å². The van der Waals surface area contributed by atoms with Crippen molar-refractivity contribution < 1.29 is 4.74 Å². The van der Waals surface area contributed by atoms with Crippen molar-refractivity contribution in [2.24, 2.45) is 0 Å². The number of hydrogen-bond donors (Lipinski definition) is 1. The molecule has 2 aromatic rings. The first kappa shape index (κ1) is 16.3. The molecule has 4 heteroatoms. The molecule has 1 atom stereocenters. The third-order valence-corrected chi connectivity index (χ3v) is 4.74. The van der Waals surface area contributed by atoms with E-state index >= 15 is 0 Å². The van der Waals surface area contributed by atoms with Crippen molar-refractivity contribution in [3.63, 3.8) is 0 Å². The Balaban J connectivity index is 2.62. The number of hydrogen-bond acceptors (Lipinski definition) is 2. The van der Waals surface area contributed by atoms with Crippen molar-refractivity contribution in [3.8, 4) is 5.75 Å². The van der Waals surface area contributed by atoms with Crippen molar-refractivity contribution in [3.05, 3.63) is 62.1 Å². The molecule has 0 spiro atoms. The molecule has 2 nitrogen and oxygen atoms in total. The predicted molar refractivity (Wildman–Crippen MR) is 92.5 cm³/mol. The van der Waals surface area contributed by atoms with Crippen LogP contribution >= 0.6 is 27.5 Å². The van der Waals surface area contributed by atoms with Gasteiger partial charge >= 0.3 is 0 Å². The Morgan fingerprint density at radius 3 is 2.48 bits per heavy atom. The van der Waals surface area contributed by atoms with Gasteiger partial charge < -0.3 is 10.1 Å². The van der Waals surface area contributed by atoms with Crippen LogP contribution in [0.5, 0.6) is 5.75 Å². The van der Waals surface area contributed by atoms with E-state index in [9.17, 15) is 0 Å². The molecule has 0 aromatic heterocycles. The fourth-order valence-corrected chi connectivity index (χ4v) is 3.18. The van der Waals surface area contributed by atoms with Crippen molar-refractivity contribution in [2.75, 3.05) is 14.2 Å². The monoisotopic (exact) mass is 367 g/mol. The second-order valence-corrected chi connectivity index (χ2v) is 6.31. The van der Waals surface area contributed by atoms with E-state index in [1.807, 2.05) is 25.2 Å². The molecule has 0 radical (unpaired) electrons. The molecule has 0 bridgehead atoms. The third kappa shape index (κ3) is 3.25. The number of ether oxygens (including phenoxy) is 1. The molecular weight excluding hydrogens is 350 g/mol. The topological polar surface area (TPSA) is 21.3 Å². The molecular formula is C17H19BrClNO. The van der Waals surface area contributed by atoms with Gasteiger partial charge in [0.15, 0.2) is 0 Å². The molecule has 0 aliphatic carbocycles. The molecule has 0 aliphatic heterocycles. The first-order valence-electron chi connectivity index (χ1n) is 6.76. The average molecular weight is 369 g/mol. The molecule has 0 aliphatic rings. The number of halogens is 2. The zero-order chi connectivity index (χ0) is 15.6. The Morgan fingerprint density at radius 1 is 1.14 bits per heavy atom. The van der Waals surface area contributed by atoms with Crippen molar-refractivity contribution in [2.45, 2.75) is 19.9 Å². The van der Waals surface area contributed by atoms with Gasteiger partial charge in [-0.05, 0) is 55.8 Å². The smallest absolute Gasteiger partial charge is 0.127 e. The maximum absolute atomic E-state index is 6.16. The lowest BCUT2D eigenvalue weighted by atomic mass is 9.94. The molecule has 0 amide bonds. The molecule has 0 saturated heterocycles. The predicted octanol–water partition coefficient (Wildman–Crippen LogP) is 5.04. The summed E-state index contributed by atoms with van der Waals surface area (Å²) < 4.78 is 6.66. The summed E-state index contributed by atoms with van der Waals surface area (Å²) in [7, 11) is 3.65. The summed E-state index contributed by atoms with van der Waals surface area (Å²) in [6, 6.07) is 10.1. The van der Waals surface area contributed by atoms with Gasteiger partial charge in [0.05, 0.1) is 13.2 Å². The summed E-state index contributed by atoms with van der Waals surface area (Å²) in [5, 5.41) is 4.07. The minimum absolute atomic E-state index is 0.00678. The van der Waals surface area contributed by atoms with E-state index in [1.54, 1.807) is 7.11 Å². The lowest BCUT2D eigenvalue weighted by molar-refractivity contribution is 0.402. The minimum atomic E-state index is 0.00678. The van der Waals surface area contributed by atoms with Crippen LogP contribution in [0.4, 0.5) is 0 Å². The van der Waals surface area contributed by atoms with Crippen molar-refractivity contribution in [1.29, 1.82) is 0 Å². The average Bonchev–Trinajstić information content (AvgIpc) is 2.47. The van der Waals surface area contributed by atoms with Crippen LogP contribution in [0.25, 0.3) is 0 Å². The summed E-state index contributed by atoms with van der Waals surface area (Å²) in [5.74, 6) is 0.918. The van der Waals surface area contributed by atoms with E-state index in [1.165, 1.54) is 5.56 Å². The van der Waals surface area contributed by atoms with Crippen LogP contribution in [-0.4, -0.2) is 14.2 Å². The number of benzene rings is 2. The third-order valence-electron chi connectivity index (χ3n) is 3.78. The molecule has 0 heterocycles. The van der Waals surface area contributed by atoms with Gasteiger partial charge in [-0.3, -0.25) is 0 Å². The Morgan fingerprint density at radius 2 is 1.86 bits per heavy atom. The second kappa shape index (κ2) is 6.82. The fraction of sp³-hybridized carbons (Fsp3) is 0.294. The quantitative estimate of drug-likeness (QED) is 0.816. The van der Waals surface area contributed by atoms with Crippen LogP contribution in [-0.2, 0) is 0 Å². The van der Waals surface area contributed by atoms with Gasteiger partial charge in [0.25, 0.3) is 0 Å². The fourth-order valence-electron chi connectivity index (χ4n) is 2.52. The van der Waals surface area contributed by atoms with Crippen molar-refractivity contribution >= 4 is 27.5 Å². The summed E-state index contributed by atoms with van der Waals surface area (Å²) in [6.07, 6.45) is 0. The first-order chi connectivity index (χ1) is 9.99. The van der Waals surface area contributed by atoms with E-state index in [0.29, 0.717) is 0 Å². The zero-order valence-electron chi connectivity index (χ0n) is 12.6. The number of rotatable bonds is 4. The molecule has 112 valence electrons. The Kier molecular flexibility index (Phi) is 5.31. The van der Waals surface area contributed by atoms with E-state index in [0.717, 1.165) is 31.9 Å². The Bertz CT molecular complexity index is 657. The summed E-state index contributed by atoms with van der Waals surface area (Å²) in [4.78, 5) is 0. The van der Waals surface area contributed by atoms with Gasteiger partial charge in [-0.2, -0.15) is 0 Å².